The van der Waals surface area contributed by atoms with Gasteiger partial charge in [-0.05, 0) is 29.7 Å². The maximum absolute atomic E-state index is 12.4. The number of carbonyl (C=O) groups is 2. The van der Waals surface area contributed by atoms with Gasteiger partial charge >= 0.3 is 0 Å². The second-order valence-electron chi connectivity index (χ2n) is 7.74. The molecule has 0 fully saturated rings. The van der Waals surface area contributed by atoms with Crippen LogP contribution in [-0.2, 0) is 4.79 Å². The highest BCUT2D eigenvalue weighted by Gasteiger charge is 2.20. The molecule has 0 aliphatic heterocycles. The van der Waals surface area contributed by atoms with Gasteiger partial charge in [0.15, 0.2) is 6.54 Å². The molecule has 2 aromatic carbocycles. The summed E-state index contributed by atoms with van der Waals surface area (Å²) in [5, 5.41) is 7.54. The Hall–Kier alpha value is -2.66. The average molecular weight is 383 g/mol. The van der Waals surface area contributed by atoms with Crippen LogP contribution in [0, 0.1) is 5.92 Å². The molecular weight excluding hydrogens is 350 g/mol. The largest absolute Gasteiger partial charge is 0.355 e. The van der Waals surface area contributed by atoms with Crippen molar-refractivity contribution in [3.63, 3.8) is 0 Å². The molecule has 5 nitrogen and oxygen atoms in total. The van der Waals surface area contributed by atoms with E-state index in [0.29, 0.717) is 29.6 Å². The van der Waals surface area contributed by atoms with Crippen LogP contribution in [0.3, 0.4) is 0 Å². The van der Waals surface area contributed by atoms with Crippen molar-refractivity contribution in [1.82, 2.24) is 5.32 Å². The molecule has 2 rings (SSSR count). The first kappa shape index (κ1) is 21.6. The first-order valence-electron chi connectivity index (χ1n) is 9.87. The molecule has 2 aromatic rings. The zero-order valence-corrected chi connectivity index (χ0v) is 17.5. The highest BCUT2D eigenvalue weighted by Crippen LogP contribution is 2.21. The highest BCUT2D eigenvalue weighted by atomic mass is 16.2. The van der Waals surface area contributed by atoms with E-state index >= 15 is 0 Å². The number of benzene rings is 2. The van der Waals surface area contributed by atoms with E-state index in [-0.39, 0.29) is 17.9 Å². The van der Waals surface area contributed by atoms with Gasteiger partial charge in [-0.15, -0.1) is 0 Å². The fraction of sp³-hybridized carbons (Fsp3) is 0.391. The highest BCUT2D eigenvalue weighted by molar-refractivity contribution is 5.97. The molecule has 0 spiro atoms. The quantitative estimate of drug-likeness (QED) is 0.656. The minimum absolute atomic E-state index is 0.0847. The molecule has 2 amide bonds. The lowest BCUT2D eigenvalue weighted by Crippen LogP contribution is -2.88. The summed E-state index contributed by atoms with van der Waals surface area (Å²) >= 11 is 0. The number of nitrogens with two attached hydrogens (primary N) is 1. The minimum atomic E-state index is -0.174. The second kappa shape index (κ2) is 10.0. The van der Waals surface area contributed by atoms with E-state index in [1.165, 1.54) is 11.1 Å². The zero-order valence-electron chi connectivity index (χ0n) is 17.5. The van der Waals surface area contributed by atoms with Crippen LogP contribution in [0.15, 0.2) is 48.5 Å². The van der Waals surface area contributed by atoms with Crippen LogP contribution >= 0.6 is 0 Å². The number of nitrogens with one attached hydrogen (secondary N) is 2. The van der Waals surface area contributed by atoms with E-state index in [0.717, 1.165) is 0 Å². The van der Waals surface area contributed by atoms with E-state index < -0.39 is 0 Å². The van der Waals surface area contributed by atoms with Gasteiger partial charge in [-0.2, -0.15) is 0 Å². The number of hydrogen-bond acceptors (Lipinski definition) is 2. The van der Waals surface area contributed by atoms with Crippen molar-refractivity contribution in [1.29, 1.82) is 0 Å². The molecule has 0 aromatic heterocycles. The van der Waals surface area contributed by atoms with Gasteiger partial charge in [0, 0.05) is 29.8 Å². The summed E-state index contributed by atoms with van der Waals surface area (Å²) in [4.78, 5) is 24.2. The fourth-order valence-corrected chi connectivity index (χ4v) is 3.22. The second-order valence-corrected chi connectivity index (χ2v) is 7.74. The lowest BCUT2D eigenvalue weighted by Gasteiger charge is -2.20. The van der Waals surface area contributed by atoms with Gasteiger partial charge in [0.2, 0.25) is 0 Å². The summed E-state index contributed by atoms with van der Waals surface area (Å²) in [6.07, 6.45) is 0. The van der Waals surface area contributed by atoms with Crippen molar-refractivity contribution in [2.45, 2.75) is 39.7 Å². The number of carbonyl (C=O) groups excluding carboxylic acids is 2. The first-order valence-corrected chi connectivity index (χ1v) is 9.87. The Balaban J connectivity index is 2.00. The average Bonchev–Trinajstić information content (AvgIpc) is 2.67. The van der Waals surface area contributed by atoms with Crippen LogP contribution in [0.1, 0.15) is 61.1 Å². The normalized spacial score (nSPS) is 12.1. The SMILES string of the molecule is CNC(=O)c1cccc(NC(=O)C[NH2+][C@@H](c2ccc(C(C)C)cc2)C(C)C)c1. The van der Waals surface area contributed by atoms with E-state index in [9.17, 15) is 9.59 Å². The van der Waals surface area contributed by atoms with Crippen molar-refractivity contribution in [3.05, 3.63) is 65.2 Å². The van der Waals surface area contributed by atoms with E-state index in [1.54, 1.807) is 31.3 Å². The lowest BCUT2D eigenvalue weighted by atomic mass is 9.93. The summed E-state index contributed by atoms with van der Waals surface area (Å²) < 4.78 is 0. The standard InChI is InChI=1S/C23H31N3O2/c1-15(2)17-9-11-18(12-10-17)22(16(3)4)25-14-21(27)26-20-8-6-7-19(13-20)23(28)24-5/h6-13,15-16,22,25H,14H2,1-5H3,(H,24,28)(H,26,27)/p+1/t22-/m1/s1. The van der Waals surface area contributed by atoms with Gasteiger partial charge in [-0.25, -0.2) is 0 Å². The molecule has 5 heteroatoms. The number of quaternary nitrogens is 1. The fourth-order valence-electron chi connectivity index (χ4n) is 3.22. The topological polar surface area (TPSA) is 74.8 Å². The molecule has 0 heterocycles. The van der Waals surface area contributed by atoms with E-state index in [1.807, 2.05) is 0 Å². The number of rotatable bonds is 8. The molecule has 0 unspecified atom stereocenters. The van der Waals surface area contributed by atoms with Crippen molar-refractivity contribution < 1.29 is 14.9 Å². The van der Waals surface area contributed by atoms with Gasteiger partial charge < -0.3 is 16.0 Å². The lowest BCUT2D eigenvalue weighted by molar-refractivity contribution is -0.692. The number of anilines is 1. The predicted octanol–water partition coefficient (Wildman–Crippen LogP) is 3.07. The molecule has 0 aliphatic carbocycles. The monoisotopic (exact) mass is 382 g/mol. The summed E-state index contributed by atoms with van der Waals surface area (Å²) in [7, 11) is 1.59. The first-order chi connectivity index (χ1) is 13.3. The Morgan fingerprint density at radius 2 is 1.61 bits per heavy atom. The third-order valence-corrected chi connectivity index (χ3v) is 4.90. The Labute approximate surface area is 167 Å². The molecule has 4 N–H and O–H groups in total. The Morgan fingerprint density at radius 3 is 2.18 bits per heavy atom. The minimum Gasteiger partial charge on any atom is -0.355 e. The molecule has 150 valence electrons. The summed E-state index contributed by atoms with van der Waals surface area (Å²) in [6, 6.07) is 15.8. The van der Waals surface area contributed by atoms with E-state index in [4.69, 9.17) is 0 Å². The van der Waals surface area contributed by atoms with Crippen molar-refractivity contribution in [2.75, 3.05) is 18.9 Å². The molecule has 0 saturated heterocycles. The van der Waals surface area contributed by atoms with Crippen molar-refractivity contribution in [2.24, 2.45) is 5.92 Å². The summed E-state index contributed by atoms with van der Waals surface area (Å²) in [6.45, 7) is 9.03. The predicted molar refractivity (Wildman–Crippen MR) is 113 cm³/mol. The summed E-state index contributed by atoms with van der Waals surface area (Å²) in [5.74, 6) is 0.645. The molecule has 0 saturated carbocycles. The molecule has 0 bridgehead atoms. The number of amides is 2. The van der Waals surface area contributed by atoms with Gasteiger partial charge in [-0.1, -0.05) is 58.0 Å². The van der Waals surface area contributed by atoms with Gasteiger partial charge in [0.25, 0.3) is 11.8 Å². The van der Waals surface area contributed by atoms with E-state index in [2.05, 4.69) is 67.9 Å². The molecular formula is C23H32N3O2+. The number of hydrogen-bond donors (Lipinski definition) is 3. The molecule has 0 aliphatic rings. The van der Waals surface area contributed by atoms with Gasteiger partial charge in [0.05, 0.1) is 0 Å². The molecule has 1 atom stereocenters. The Bertz CT molecular complexity index is 798. The van der Waals surface area contributed by atoms with Crippen LogP contribution in [0.2, 0.25) is 0 Å². The third-order valence-electron chi connectivity index (χ3n) is 4.90. The van der Waals surface area contributed by atoms with Crippen LogP contribution in [0.4, 0.5) is 5.69 Å². The molecule has 28 heavy (non-hydrogen) atoms. The Morgan fingerprint density at radius 1 is 0.964 bits per heavy atom. The smallest absolute Gasteiger partial charge is 0.279 e. The maximum Gasteiger partial charge on any atom is 0.279 e. The van der Waals surface area contributed by atoms with Gasteiger partial charge in [-0.3, -0.25) is 9.59 Å². The zero-order chi connectivity index (χ0) is 20.7. The Kier molecular flexibility index (Phi) is 7.76. The van der Waals surface area contributed by atoms with Crippen molar-refractivity contribution in [3.8, 4) is 0 Å². The summed E-state index contributed by atoms with van der Waals surface area (Å²) in [5.41, 5.74) is 3.70. The van der Waals surface area contributed by atoms with Crippen LogP contribution in [0.25, 0.3) is 0 Å². The maximum atomic E-state index is 12.4. The van der Waals surface area contributed by atoms with Crippen LogP contribution in [-0.4, -0.2) is 25.4 Å². The van der Waals surface area contributed by atoms with Crippen LogP contribution < -0.4 is 16.0 Å². The molecule has 0 radical (unpaired) electrons. The third kappa shape index (κ3) is 5.92. The van der Waals surface area contributed by atoms with Gasteiger partial charge in [0.1, 0.15) is 6.04 Å². The van der Waals surface area contributed by atoms with Crippen LogP contribution in [0.5, 0.6) is 0 Å². The van der Waals surface area contributed by atoms with Crippen molar-refractivity contribution >= 4 is 17.5 Å².